The highest BCUT2D eigenvalue weighted by Gasteiger charge is 2.20. The van der Waals surface area contributed by atoms with Gasteiger partial charge in [0, 0.05) is 33.2 Å². The minimum atomic E-state index is -0.0326. The van der Waals surface area contributed by atoms with Crippen molar-refractivity contribution in [1.29, 1.82) is 0 Å². The minimum Gasteiger partial charge on any atom is -0.339 e. The van der Waals surface area contributed by atoms with E-state index >= 15 is 0 Å². The molecule has 0 atom stereocenters. The first-order chi connectivity index (χ1) is 11.6. The van der Waals surface area contributed by atoms with E-state index in [0.29, 0.717) is 19.5 Å². The molecule has 0 unspecified atom stereocenters. The fourth-order valence-electron chi connectivity index (χ4n) is 3.05. The third-order valence-corrected chi connectivity index (χ3v) is 4.49. The Morgan fingerprint density at radius 1 is 1.08 bits per heavy atom. The van der Waals surface area contributed by atoms with Gasteiger partial charge in [0.05, 0.1) is 13.0 Å². The van der Waals surface area contributed by atoms with Crippen LogP contribution in [0, 0.1) is 0 Å². The molecule has 5 nitrogen and oxygen atoms in total. The van der Waals surface area contributed by atoms with Crippen molar-refractivity contribution >= 4 is 22.6 Å². The molecule has 2 amide bonds. The molecule has 24 heavy (non-hydrogen) atoms. The Kier molecular flexibility index (Phi) is 5.11. The highest BCUT2D eigenvalue weighted by atomic mass is 16.2. The highest BCUT2D eigenvalue weighted by molar-refractivity contribution is 5.91. The van der Waals surface area contributed by atoms with E-state index < -0.39 is 0 Å². The summed E-state index contributed by atoms with van der Waals surface area (Å²) in [7, 11) is 1.70. The van der Waals surface area contributed by atoms with E-state index in [-0.39, 0.29) is 18.4 Å². The van der Waals surface area contributed by atoms with E-state index in [9.17, 15) is 9.59 Å². The van der Waals surface area contributed by atoms with Crippen LogP contribution in [0.15, 0.2) is 42.5 Å². The second kappa shape index (κ2) is 7.45. The zero-order valence-corrected chi connectivity index (χ0v) is 14.0. The van der Waals surface area contributed by atoms with Crippen LogP contribution in [0.1, 0.15) is 5.56 Å². The lowest BCUT2D eigenvalue weighted by Gasteiger charge is -2.29. The number of hydrogen-bond donors (Lipinski definition) is 1. The van der Waals surface area contributed by atoms with Gasteiger partial charge in [-0.25, -0.2) is 0 Å². The first kappa shape index (κ1) is 16.5. The van der Waals surface area contributed by atoms with Crippen molar-refractivity contribution in [2.24, 2.45) is 0 Å². The number of carbonyl (C=O) groups excluding carboxylic acids is 2. The number of carbonyl (C=O) groups is 2. The smallest absolute Gasteiger partial charge is 0.242 e. The van der Waals surface area contributed by atoms with Crippen molar-refractivity contribution < 1.29 is 9.59 Å². The first-order valence-corrected chi connectivity index (χ1v) is 8.34. The average molecular weight is 325 g/mol. The fraction of sp³-hybridized carbons (Fsp3) is 0.368. The van der Waals surface area contributed by atoms with Gasteiger partial charge in [-0.15, -0.1) is 0 Å². The van der Waals surface area contributed by atoms with Gasteiger partial charge in [-0.1, -0.05) is 42.5 Å². The molecule has 126 valence electrons. The predicted molar refractivity (Wildman–Crippen MR) is 94.7 cm³/mol. The lowest BCUT2D eigenvalue weighted by molar-refractivity contribution is -0.139. The van der Waals surface area contributed by atoms with Crippen LogP contribution in [0.4, 0.5) is 0 Å². The van der Waals surface area contributed by atoms with Crippen LogP contribution >= 0.6 is 0 Å². The van der Waals surface area contributed by atoms with Crippen LogP contribution in [0.2, 0.25) is 0 Å². The molecule has 1 fully saturated rings. The minimum absolute atomic E-state index is 0.0188. The average Bonchev–Trinajstić information content (AvgIpc) is 2.62. The third-order valence-electron chi connectivity index (χ3n) is 4.49. The van der Waals surface area contributed by atoms with Gasteiger partial charge >= 0.3 is 0 Å². The summed E-state index contributed by atoms with van der Waals surface area (Å²) in [5.74, 6) is -0.0138. The molecule has 0 radical (unpaired) electrons. The van der Waals surface area contributed by atoms with Crippen molar-refractivity contribution in [1.82, 2.24) is 15.1 Å². The summed E-state index contributed by atoms with van der Waals surface area (Å²) >= 11 is 0. The summed E-state index contributed by atoms with van der Waals surface area (Å²) in [6, 6.07) is 14.0. The molecule has 0 spiro atoms. The van der Waals surface area contributed by atoms with Gasteiger partial charge in [-0.05, 0) is 16.3 Å². The van der Waals surface area contributed by atoms with Crippen LogP contribution in [-0.4, -0.2) is 61.4 Å². The molecule has 1 aliphatic rings. The maximum atomic E-state index is 12.5. The van der Waals surface area contributed by atoms with E-state index in [2.05, 4.69) is 5.32 Å². The maximum absolute atomic E-state index is 12.5. The molecule has 1 N–H and O–H groups in total. The zero-order chi connectivity index (χ0) is 16.9. The summed E-state index contributed by atoms with van der Waals surface area (Å²) in [5.41, 5.74) is 1.000. The third kappa shape index (κ3) is 3.74. The lowest BCUT2D eigenvalue weighted by atomic mass is 10.0. The number of fused-ring (bicyclic) bond motifs is 1. The van der Waals surface area contributed by atoms with Crippen LogP contribution in [-0.2, 0) is 16.0 Å². The monoisotopic (exact) mass is 325 g/mol. The fourth-order valence-corrected chi connectivity index (χ4v) is 3.05. The summed E-state index contributed by atoms with van der Waals surface area (Å²) in [6.07, 6.45) is 0.312. The standard InChI is InChI=1S/C19H23N3O2/c1-21(14-19(24)22-11-9-20-10-12-22)18(23)13-16-7-4-6-15-5-2-3-8-17(15)16/h2-8,20H,9-14H2,1H3. The van der Waals surface area contributed by atoms with Gasteiger partial charge in [0.15, 0.2) is 0 Å². The van der Waals surface area contributed by atoms with Crippen molar-refractivity contribution in [3.8, 4) is 0 Å². The molecular formula is C19H23N3O2. The van der Waals surface area contributed by atoms with Crippen LogP contribution in [0.25, 0.3) is 10.8 Å². The van der Waals surface area contributed by atoms with Crippen LogP contribution in [0.5, 0.6) is 0 Å². The first-order valence-electron chi connectivity index (χ1n) is 8.34. The second-order valence-electron chi connectivity index (χ2n) is 6.20. The molecule has 0 saturated carbocycles. The van der Waals surface area contributed by atoms with Crippen molar-refractivity contribution in [3.05, 3.63) is 48.0 Å². The van der Waals surface area contributed by atoms with Gasteiger partial charge in [-0.2, -0.15) is 0 Å². The Bertz CT molecular complexity index is 733. The Balaban J connectivity index is 1.64. The Hall–Kier alpha value is -2.40. The number of amides is 2. The van der Waals surface area contributed by atoms with E-state index in [0.717, 1.165) is 29.4 Å². The molecule has 2 aromatic rings. The maximum Gasteiger partial charge on any atom is 0.242 e. The number of rotatable bonds is 4. The Morgan fingerprint density at radius 2 is 1.79 bits per heavy atom. The van der Waals surface area contributed by atoms with Crippen molar-refractivity contribution in [3.63, 3.8) is 0 Å². The molecular weight excluding hydrogens is 302 g/mol. The largest absolute Gasteiger partial charge is 0.339 e. The molecule has 5 heteroatoms. The second-order valence-corrected chi connectivity index (χ2v) is 6.20. The topological polar surface area (TPSA) is 52.7 Å². The van der Waals surface area contributed by atoms with Crippen LogP contribution in [0.3, 0.4) is 0 Å². The van der Waals surface area contributed by atoms with Gasteiger partial charge in [0.1, 0.15) is 0 Å². The van der Waals surface area contributed by atoms with E-state index in [1.54, 1.807) is 7.05 Å². The summed E-state index contributed by atoms with van der Waals surface area (Å²) in [5, 5.41) is 5.44. The number of likely N-dealkylation sites (N-methyl/N-ethyl adjacent to an activating group) is 1. The molecule has 1 saturated heterocycles. The molecule has 0 aliphatic carbocycles. The molecule has 2 aromatic carbocycles. The number of nitrogens with one attached hydrogen (secondary N) is 1. The molecule has 3 rings (SSSR count). The van der Waals surface area contributed by atoms with Crippen molar-refractivity contribution in [2.75, 3.05) is 39.8 Å². The summed E-state index contributed by atoms with van der Waals surface area (Å²) in [6.45, 7) is 3.21. The number of benzene rings is 2. The number of nitrogens with zero attached hydrogens (tertiary/aromatic N) is 2. The van der Waals surface area contributed by atoms with E-state index in [1.165, 1.54) is 4.90 Å². The lowest BCUT2D eigenvalue weighted by Crippen LogP contribution is -2.49. The molecule has 1 aliphatic heterocycles. The Labute approximate surface area is 142 Å². The van der Waals surface area contributed by atoms with Gasteiger partial charge in [0.2, 0.25) is 11.8 Å². The quantitative estimate of drug-likeness (QED) is 0.921. The van der Waals surface area contributed by atoms with E-state index in [4.69, 9.17) is 0 Å². The van der Waals surface area contributed by atoms with Crippen molar-refractivity contribution in [2.45, 2.75) is 6.42 Å². The van der Waals surface area contributed by atoms with Gasteiger partial charge in [-0.3, -0.25) is 9.59 Å². The predicted octanol–water partition coefficient (Wildman–Crippen LogP) is 1.27. The SMILES string of the molecule is CN(CC(=O)N1CCNCC1)C(=O)Cc1cccc2ccccc12. The molecule has 0 bridgehead atoms. The number of hydrogen-bond acceptors (Lipinski definition) is 3. The van der Waals surface area contributed by atoms with Gasteiger partial charge < -0.3 is 15.1 Å². The number of piperazine rings is 1. The normalized spacial score (nSPS) is 14.6. The summed E-state index contributed by atoms with van der Waals surface area (Å²) in [4.78, 5) is 28.2. The molecule has 1 heterocycles. The summed E-state index contributed by atoms with van der Waals surface area (Å²) < 4.78 is 0. The molecule has 0 aromatic heterocycles. The van der Waals surface area contributed by atoms with Crippen LogP contribution < -0.4 is 5.32 Å². The van der Waals surface area contributed by atoms with Gasteiger partial charge in [0.25, 0.3) is 0 Å². The highest BCUT2D eigenvalue weighted by Crippen LogP contribution is 2.19. The van der Waals surface area contributed by atoms with E-state index in [1.807, 2.05) is 47.4 Å². The Morgan fingerprint density at radius 3 is 2.58 bits per heavy atom. The zero-order valence-electron chi connectivity index (χ0n) is 14.0.